The molecule has 0 aromatic rings. The van der Waals surface area contributed by atoms with Gasteiger partial charge in [0.25, 0.3) is 0 Å². The molecule has 0 unspecified atom stereocenters. The van der Waals surface area contributed by atoms with Gasteiger partial charge in [0.15, 0.2) is 0 Å². The van der Waals surface area contributed by atoms with Crippen molar-refractivity contribution in [3.05, 3.63) is 0 Å². The zero-order valence-corrected chi connectivity index (χ0v) is 8.68. The normalized spacial score (nSPS) is 0. The molecule has 0 atom stereocenters. The largest absolute Gasteiger partial charge is 1.00 e. The molecular weight excluding hydrogens is 129 g/mol. The maximum absolute atomic E-state index is 0. The van der Waals surface area contributed by atoms with Crippen LogP contribution in [-0.2, 0) is 0 Å². The van der Waals surface area contributed by atoms with Crippen molar-refractivity contribution in [2.45, 2.75) is 0 Å². The molecule has 0 aliphatic rings. The fourth-order valence-corrected chi connectivity index (χ4v) is 0. The zero-order chi connectivity index (χ0) is 0. The predicted octanol–water partition coefficient (Wildman–Crippen LogP) is -7.06. The van der Waals surface area contributed by atoms with Gasteiger partial charge in [-0.15, -0.1) is 0 Å². The minimum atomic E-state index is 0. The predicted molar refractivity (Wildman–Crippen MR) is 8.60 cm³/mol. The van der Waals surface area contributed by atoms with E-state index in [1.54, 1.807) is 0 Å². The molecular formula is H5ClNa2O3. The van der Waals surface area contributed by atoms with Gasteiger partial charge in [-0.25, -0.2) is 0 Å². The average Bonchev–Trinajstić information content (AvgIpc) is 0. The molecule has 3 N–H and O–H groups in total. The Hall–Kier alpha value is 2.17. The molecule has 0 aromatic heterocycles. The van der Waals surface area contributed by atoms with Crippen molar-refractivity contribution in [2.75, 3.05) is 0 Å². The summed E-state index contributed by atoms with van der Waals surface area (Å²) in [7, 11) is 0. The summed E-state index contributed by atoms with van der Waals surface area (Å²) >= 11 is 0. The Morgan fingerprint density at radius 2 is 0.500 bits per heavy atom. The van der Waals surface area contributed by atoms with Gasteiger partial charge in [0.1, 0.15) is 0 Å². The molecule has 0 amide bonds. The van der Waals surface area contributed by atoms with E-state index in [1.807, 2.05) is 0 Å². The van der Waals surface area contributed by atoms with E-state index in [1.165, 1.54) is 0 Å². The number of rotatable bonds is 0. The van der Waals surface area contributed by atoms with Crippen LogP contribution >= 0.6 is 0 Å². The van der Waals surface area contributed by atoms with Crippen LogP contribution in [0.2, 0.25) is 0 Å². The first-order valence-electron chi connectivity index (χ1n) is 0. The molecule has 3 nitrogen and oxygen atoms in total. The molecule has 32 valence electrons. The molecule has 0 fully saturated rings. The van der Waals surface area contributed by atoms with Crippen LogP contribution in [0.4, 0.5) is 0 Å². The SMILES string of the molecule is [ClH2+].[Na+].[Na+].[OH-].[OH-].[OH-]. The monoisotopic (exact) mass is 134 g/mol. The van der Waals surface area contributed by atoms with Crippen molar-refractivity contribution < 1.29 is 88.0 Å². The van der Waals surface area contributed by atoms with Crippen LogP contribution in [0.5, 0.6) is 0 Å². The molecule has 0 spiro atoms. The second-order valence-corrected chi connectivity index (χ2v) is 0. The fraction of sp³-hybridized carbons (Fsp3) is 0. The molecule has 0 aliphatic carbocycles. The van der Waals surface area contributed by atoms with E-state index < -0.39 is 0 Å². The molecule has 0 saturated carbocycles. The first-order valence-corrected chi connectivity index (χ1v) is 0. The second-order valence-electron chi connectivity index (χ2n) is 0. The van der Waals surface area contributed by atoms with Crippen LogP contribution in [-0.4, -0.2) is 16.4 Å². The first kappa shape index (κ1) is 89.2. The van der Waals surface area contributed by atoms with E-state index in [4.69, 9.17) is 0 Å². The molecule has 0 bridgehead atoms. The van der Waals surface area contributed by atoms with E-state index in [0.717, 1.165) is 0 Å². The Kier molecular flexibility index (Phi) is 862. The number of halogens is 1. The maximum Gasteiger partial charge on any atom is 1.00 e. The Morgan fingerprint density at radius 1 is 0.500 bits per heavy atom. The van der Waals surface area contributed by atoms with Crippen LogP contribution in [0.25, 0.3) is 0 Å². The van der Waals surface area contributed by atoms with Gasteiger partial charge in [0.05, 0.1) is 12.4 Å². The van der Waals surface area contributed by atoms with Crippen LogP contribution in [0.1, 0.15) is 0 Å². The van der Waals surface area contributed by atoms with Crippen molar-refractivity contribution >= 4 is 0 Å². The molecule has 0 rings (SSSR count). The quantitative estimate of drug-likeness (QED) is 0.308. The van der Waals surface area contributed by atoms with Gasteiger partial charge in [-0.3, -0.25) is 0 Å². The van der Waals surface area contributed by atoms with Crippen molar-refractivity contribution in [1.82, 2.24) is 0 Å². The van der Waals surface area contributed by atoms with E-state index in [-0.39, 0.29) is 88.0 Å². The summed E-state index contributed by atoms with van der Waals surface area (Å²) in [6, 6.07) is 0. The summed E-state index contributed by atoms with van der Waals surface area (Å²) in [5.74, 6) is 0. The molecule has 0 aromatic carbocycles. The Morgan fingerprint density at radius 3 is 0.500 bits per heavy atom. The van der Waals surface area contributed by atoms with Gasteiger partial charge >= 0.3 is 59.1 Å². The van der Waals surface area contributed by atoms with Gasteiger partial charge in [-0.05, 0) is 0 Å². The summed E-state index contributed by atoms with van der Waals surface area (Å²) in [5.41, 5.74) is 0. The molecule has 6 heteroatoms. The molecule has 0 aliphatic heterocycles. The minimum Gasteiger partial charge on any atom is -0.870 e. The van der Waals surface area contributed by atoms with Crippen LogP contribution in [0.15, 0.2) is 0 Å². The summed E-state index contributed by atoms with van der Waals surface area (Å²) in [6.07, 6.45) is 0. The number of hydrogen-bond donors (Lipinski definition) is 0. The summed E-state index contributed by atoms with van der Waals surface area (Å²) < 4.78 is 0. The molecule has 0 saturated heterocycles. The van der Waals surface area contributed by atoms with Gasteiger partial charge in [-0.1, -0.05) is 0 Å². The van der Waals surface area contributed by atoms with Gasteiger partial charge in [-0.2, -0.15) is 0 Å². The fourth-order valence-electron chi connectivity index (χ4n) is 0. The van der Waals surface area contributed by atoms with E-state index in [0.29, 0.717) is 0 Å². The minimum absolute atomic E-state index is 0. The van der Waals surface area contributed by atoms with Gasteiger partial charge in [0.2, 0.25) is 0 Å². The van der Waals surface area contributed by atoms with Crippen molar-refractivity contribution in [1.29, 1.82) is 0 Å². The Balaban J connectivity index is 0. The van der Waals surface area contributed by atoms with Gasteiger partial charge in [0, 0.05) is 0 Å². The second kappa shape index (κ2) is 58.0. The van der Waals surface area contributed by atoms with Crippen LogP contribution in [0.3, 0.4) is 0 Å². The third-order valence-electron chi connectivity index (χ3n) is 0. The van der Waals surface area contributed by atoms with Crippen LogP contribution < -0.4 is 59.1 Å². The summed E-state index contributed by atoms with van der Waals surface area (Å²) in [4.78, 5) is 0. The molecule has 6 heavy (non-hydrogen) atoms. The van der Waals surface area contributed by atoms with Crippen molar-refractivity contribution in [2.24, 2.45) is 0 Å². The average molecular weight is 134 g/mol. The summed E-state index contributed by atoms with van der Waals surface area (Å²) in [6.45, 7) is 0. The maximum atomic E-state index is 0. The van der Waals surface area contributed by atoms with Crippen molar-refractivity contribution in [3.63, 3.8) is 0 Å². The van der Waals surface area contributed by atoms with E-state index >= 15 is 0 Å². The third kappa shape index (κ3) is 35.0. The standard InChI is InChI=1S/ClH2.2Na.3H2O/h1H2;;;3*1H2/q3*+1;;;/p-3. The molecule has 0 heterocycles. The topological polar surface area (TPSA) is 90.0 Å². The van der Waals surface area contributed by atoms with Crippen LogP contribution in [0, 0.1) is 12.4 Å². The first-order chi connectivity index (χ1) is 0. The Labute approximate surface area is 86.8 Å². The Bertz CT molecular complexity index is 8.75. The zero-order valence-electron chi connectivity index (χ0n) is 3.79. The third-order valence-corrected chi connectivity index (χ3v) is 0. The molecule has 0 radical (unpaired) electrons. The summed E-state index contributed by atoms with van der Waals surface area (Å²) in [5, 5.41) is 0. The van der Waals surface area contributed by atoms with Crippen molar-refractivity contribution in [3.8, 4) is 0 Å². The van der Waals surface area contributed by atoms with E-state index in [2.05, 4.69) is 0 Å². The van der Waals surface area contributed by atoms with E-state index in [9.17, 15) is 0 Å². The van der Waals surface area contributed by atoms with Gasteiger partial charge < -0.3 is 16.4 Å². The number of hydrogen-bond acceptors (Lipinski definition) is 3. The smallest absolute Gasteiger partial charge is 0.870 e.